The van der Waals surface area contributed by atoms with Gasteiger partial charge in [0.25, 0.3) is 0 Å². The van der Waals surface area contributed by atoms with Gasteiger partial charge in [-0.2, -0.15) is 0 Å². The minimum atomic E-state index is -0.333. The summed E-state index contributed by atoms with van der Waals surface area (Å²) in [6, 6.07) is 5.92. The molecule has 2 rings (SSSR count). The Balaban J connectivity index is 2.17. The number of carbonyl (C=O) groups is 1. The van der Waals surface area contributed by atoms with Gasteiger partial charge in [0.1, 0.15) is 11.9 Å². The number of esters is 1. The summed E-state index contributed by atoms with van der Waals surface area (Å²) in [4.78, 5) is 14.5. The molecule has 0 N–H and O–H groups in total. The summed E-state index contributed by atoms with van der Waals surface area (Å²) in [5.41, 5.74) is 1.27. The second-order valence-electron chi connectivity index (χ2n) is 6.60. The van der Waals surface area contributed by atoms with Crippen LogP contribution < -0.4 is 4.74 Å². The molecule has 0 heterocycles. The predicted octanol–water partition coefficient (Wildman–Crippen LogP) is 4.49. The van der Waals surface area contributed by atoms with E-state index in [0.29, 0.717) is 24.1 Å². The Morgan fingerprint density at radius 2 is 1.96 bits per heavy atom. The zero-order valence-corrected chi connectivity index (χ0v) is 16.5. The van der Waals surface area contributed by atoms with E-state index in [2.05, 4.69) is 25.7 Å². The van der Waals surface area contributed by atoms with Gasteiger partial charge in [-0.1, -0.05) is 20.8 Å². The van der Waals surface area contributed by atoms with Gasteiger partial charge in [0.2, 0.25) is 0 Å². The molecule has 0 bridgehead atoms. The molecule has 1 fully saturated rings. The van der Waals surface area contributed by atoms with Crippen molar-refractivity contribution in [2.45, 2.75) is 58.6 Å². The van der Waals surface area contributed by atoms with Crippen LogP contribution in [0.25, 0.3) is 0 Å². The number of rotatable bonds is 8. The molecule has 1 aliphatic carbocycles. The topological polar surface area (TPSA) is 38.8 Å². The van der Waals surface area contributed by atoms with E-state index in [0.717, 1.165) is 30.8 Å². The third-order valence-corrected chi connectivity index (χ3v) is 5.40. The van der Waals surface area contributed by atoms with Crippen molar-refractivity contribution in [3.8, 4) is 5.75 Å². The van der Waals surface area contributed by atoms with E-state index in [9.17, 15) is 4.79 Å². The fraction of sp³-hybridized carbons (Fsp3) is 0.650. The van der Waals surface area contributed by atoms with Crippen molar-refractivity contribution in [3.63, 3.8) is 0 Å². The van der Waals surface area contributed by atoms with Crippen LogP contribution in [-0.2, 0) is 10.6 Å². The third-order valence-electron chi connectivity index (χ3n) is 5.11. The molecule has 3 atom stereocenters. The highest BCUT2D eigenvalue weighted by Crippen LogP contribution is 2.33. The summed E-state index contributed by atoms with van der Waals surface area (Å²) in [6.45, 7) is 10.9. The van der Waals surface area contributed by atoms with Crippen LogP contribution in [0.3, 0.4) is 0 Å². The Bertz CT molecular complexity index is 574. The first-order valence-electron chi connectivity index (χ1n) is 9.32. The van der Waals surface area contributed by atoms with E-state index in [1.165, 1.54) is 6.42 Å². The average molecular weight is 368 g/mol. The number of benzene rings is 1. The van der Waals surface area contributed by atoms with Gasteiger partial charge in [-0.15, -0.1) is 11.6 Å². The SMILES string of the molecule is CCOC(=O)c1ccc(O[C@@H]2CC[C@H](C)[C@H]2N(CC)CC)cc1CCl. The molecule has 1 aromatic carbocycles. The molecule has 0 radical (unpaired) electrons. The molecule has 5 heteroatoms. The molecule has 0 spiro atoms. The Morgan fingerprint density at radius 1 is 1.24 bits per heavy atom. The zero-order chi connectivity index (χ0) is 18.4. The fourth-order valence-corrected chi connectivity index (χ4v) is 4.06. The predicted molar refractivity (Wildman–Crippen MR) is 101 cm³/mol. The van der Waals surface area contributed by atoms with Crippen LogP contribution in [0.1, 0.15) is 56.5 Å². The third kappa shape index (κ3) is 4.68. The second-order valence-corrected chi connectivity index (χ2v) is 6.86. The van der Waals surface area contributed by atoms with E-state index < -0.39 is 0 Å². The van der Waals surface area contributed by atoms with Gasteiger partial charge in [0, 0.05) is 11.9 Å². The van der Waals surface area contributed by atoms with Crippen molar-refractivity contribution in [1.29, 1.82) is 0 Å². The van der Waals surface area contributed by atoms with E-state index in [4.69, 9.17) is 21.1 Å². The van der Waals surface area contributed by atoms with Crippen LogP contribution in [0.5, 0.6) is 5.75 Å². The van der Waals surface area contributed by atoms with Gasteiger partial charge in [0.05, 0.1) is 12.2 Å². The maximum Gasteiger partial charge on any atom is 0.338 e. The monoisotopic (exact) mass is 367 g/mol. The highest BCUT2D eigenvalue weighted by molar-refractivity contribution is 6.17. The summed E-state index contributed by atoms with van der Waals surface area (Å²) in [6.07, 6.45) is 2.40. The van der Waals surface area contributed by atoms with Crippen molar-refractivity contribution < 1.29 is 14.3 Å². The van der Waals surface area contributed by atoms with Crippen molar-refractivity contribution in [3.05, 3.63) is 29.3 Å². The summed E-state index contributed by atoms with van der Waals surface area (Å²) < 4.78 is 11.4. The largest absolute Gasteiger partial charge is 0.489 e. The molecule has 1 aliphatic rings. The fourth-order valence-electron chi connectivity index (χ4n) is 3.84. The Kier molecular flexibility index (Phi) is 7.57. The van der Waals surface area contributed by atoms with Gasteiger partial charge in [0.15, 0.2) is 0 Å². The van der Waals surface area contributed by atoms with Crippen molar-refractivity contribution in [1.82, 2.24) is 4.90 Å². The molecule has 140 valence electrons. The van der Waals surface area contributed by atoms with Gasteiger partial charge < -0.3 is 9.47 Å². The van der Waals surface area contributed by atoms with Gasteiger partial charge in [-0.3, -0.25) is 4.90 Å². The van der Waals surface area contributed by atoms with Crippen molar-refractivity contribution in [2.75, 3.05) is 19.7 Å². The van der Waals surface area contributed by atoms with Crippen LogP contribution >= 0.6 is 11.6 Å². The lowest BCUT2D eigenvalue weighted by Gasteiger charge is -2.34. The highest BCUT2D eigenvalue weighted by Gasteiger charge is 2.38. The molecule has 1 saturated carbocycles. The van der Waals surface area contributed by atoms with Crippen LogP contribution in [0, 0.1) is 5.92 Å². The van der Waals surface area contributed by atoms with Gasteiger partial charge in [-0.25, -0.2) is 4.79 Å². The Hall–Kier alpha value is -1.26. The first kappa shape index (κ1) is 20.1. The maximum absolute atomic E-state index is 12.0. The molecule has 0 aliphatic heterocycles. The summed E-state index contributed by atoms with van der Waals surface area (Å²) in [7, 11) is 0. The summed E-state index contributed by atoms with van der Waals surface area (Å²) in [5, 5.41) is 0. The number of hydrogen-bond acceptors (Lipinski definition) is 4. The van der Waals surface area contributed by atoms with Gasteiger partial charge >= 0.3 is 5.97 Å². The number of hydrogen-bond donors (Lipinski definition) is 0. The lowest BCUT2D eigenvalue weighted by Crippen LogP contribution is -2.45. The molecule has 25 heavy (non-hydrogen) atoms. The maximum atomic E-state index is 12.0. The van der Waals surface area contributed by atoms with Gasteiger partial charge in [-0.05, 0) is 62.5 Å². The molecule has 0 aromatic heterocycles. The van der Waals surface area contributed by atoms with Crippen molar-refractivity contribution in [2.24, 2.45) is 5.92 Å². The number of carbonyl (C=O) groups excluding carboxylic acids is 1. The number of halogens is 1. The lowest BCUT2D eigenvalue weighted by atomic mass is 10.0. The number of likely N-dealkylation sites (N-methyl/N-ethyl adjacent to an activating group) is 1. The number of alkyl halides is 1. The minimum Gasteiger partial charge on any atom is -0.489 e. The van der Waals surface area contributed by atoms with E-state index >= 15 is 0 Å². The zero-order valence-electron chi connectivity index (χ0n) is 15.8. The standard InChI is InChI=1S/C20H30ClNO3/c1-5-22(6-2)19-14(4)8-11-18(19)25-16-9-10-17(15(12-16)13-21)20(23)24-7-3/h9-10,12,14,18-19H,5-8,11,13H2,1-4H3/t14-,18+,19+/m0/s1. The summed E-state index contributed by atoms with van der Waals surface area (Å²) in [5.74, 6) is 1.32. The average Bonchev–Trinajstić information content (AvgIpc) is 2.97. The van der Waals surface area contributed by atoms with Crippen LogP contribution in [-0.4, -0.2) is 42.7 Å². The number of ether oxygens (including phenoxy) is 2. The van der Waals surface area contributed by atoms with Crippen molar-refractivity contribution >= 4 is 17.6 Å². The molecular weight excluding hydrogens is 338 g/mol. The smallest absolute Gasteiger partial charge is 0.338 e. The quantitative estimate of drug-likeness (QED) is 0.501. The minimum absolute atomic E-state index is 0.173. The molecule has 0 unspecified atom stereocenters. The molecule has 4 nitrogen and oxygen atoms in total. The first-order valence-corrected chi connectivity index (χ1v) is 9.85. The van der Waals surface area contributed by atoms with E-state index in [1.54, 1.807) is 13.0 Å². The molecule has 1 aromatic rings. The first-order chi connectivity index (χ1) is 12.0. The normalized spacial score (nSPS) is 23.0. The Morgan fingerprint density at radius 3 is 2.56 bits per heavy atom. The number of nitrogens with zero attached hydrogens (tertiary/aromatic N) is 1. The van der Waals surface area contributed by atoms with Crippen LogP contribution in [0.4, 0.5) is 0 Å². The van der Waals surface area contributed by atoms with Crippen LogP contribution in [0.15, 0.2) is 18.2 Å². The Labute approximate surface area is 156 Å². The highest BCUT2D eigenvalue weighted by atomic mass is 35.5. The van der Waals surface area contributed by atoms with E-state index in [-0.39, 0.29) is 18.0 Å². The molecular formula is C20H30ClNO3. The lowest BCUT2D eigenvalue weighted by molar-refractivity contribution is 0.0525. The van der Waals surface area contributed by atoms with Crippen LogP contribution in [0.2, 0.25) is 0 Å². The second kappa shape index (κ2) is 9.44. The summed E-state index contributed by atoms with van der Waals surface area (Å²) >= 11 is 6.04. The molecule has 0 amide bonds. The van der Waals surface area contributed by atoms with E-state index in [1.807, 2.05) is 12.1 Å². The molecule has 0 saturated heterocycles.